The molecule has 0 spiro atoms. The number of Topliss-reactive ketones (excluding diaryl/α,β-unsaturated/α-hetero) is 1. The number of guanidine groups is 2. The van der Waals surface area contributed by atoms with Crippen LogP contribution >= 0.6 is 23.5 Å². The molecule has 4 aliphatic rings. The van der Waals surface area contributed by atoms with Gasteiger partial charge >= 0.3 is 5.97 Å². The van der Waals surface area contributed by atoms with Crippen LogP contribution < -0.4 is 87.2 Å². The Morgan fingerprint density at radius 3 is 1.89 bits per heavy atom. The number of aliphatic imine (C=N–C) groups is 2. The summed E-state index contributed by atoms with van der Waals surface area (Å²) in [6.45, 7) is 5.30. The van der Waals surface area contributed by atoms with Gasteiger partial charge in [0.1, 0.15) is 72.5 Å². The zero-order valence-corrected chi connectivity index (χ0v) is 65.4. The molecule has 38 nitrogen and oxygen atoms in total. The van der Waals surface area contributed by atoms with Gasteiger partial charge in [-0.3, -0.25) is 77.1 Å². The number of nitrogens with two attached hydrogens (primary N) is 5. The number of amides is 13. The van der Waals surface area contributed by atoms with Crippen LogP contribution in [0.5, 0.6) is 0 Å². The van der Waals surface area contributed by atoms with Gasteiger partial charge in [0.25, 0.3) is 0 Å². The second-order valence-electron chi connectivity index (χ2n) is 28.5. The summed E-state index contributed by atoms with van der Waals surface area (Å²) in [6.07, 6.45) is 6.46. The van der Waals surface area contributed by atoms with E-state index in [1.807, 2.05) is 6.92 Å². The number of ketones is 1. The normalized spacial score (nSPS) is 22.4. The number of benzene rings is 1. The van der Waals surface area contributed by atoms with E-state index in [1.165, 1.54) is 22.3 Å². The quantitative estimate of drug-likeness (QED) is 0.0180. The number of rotatable bonds is 34. The molecule has 4 saturated heterocycles. The van der Waals surface area contributed by atoms with Gasteiger partial charge in [-0.25, -0.2) is 9.78 Å². The summed E-state index contributed by atoms with van der Waals surface area (Å²) in [4.78, 5) is 230. The molecule has 6 rings (SSSR count). The van der Waals surface area contributed by atoms with Crippen molar-refractivity contribution in [1.29, 1.82) is 0 Å². The molecule has 0 radical (unpaired) electrons. The summed E-state index contributed by atoms with van der Waals surface area (Å²) in [6, 6.07) is -7.51. The fraction of sp³-hybridized carbons (Fsp3) is 0.639. The van der Waals surface area contributed by atoms with Gasteiger partial charge in [0.15, 0.2) is 17.7 Å². The molecular formula is C72H112N22O16S2. The maximum absolute atomic E-state index is 15.1. The highest BCUT2D eigenvalue weighted by Gasteiger charge is 2.42. The molecule has 4 fully saturated rings. The topological polar surface area (TPSA) is 599 Å². The van der Waals surface area contributed by atoms with Crippen molar-refractivity contribution >= 4 is 124 Å². The van der Waals surface area contributed by atoms with Crippen molar-refractivity contribution in [3.8, 4) is 0 Å². The highest BCUT2D eigenvalue weighted by molar-refractivity contribution is 8.01. The Hall–Kier alpha value is -10.1. The third-order valence-corrected chi connectivity index (χ3v) is 21.3. The third kappa shape index (κ3) is 30.5. The number of aromatic nitrogens is 2. The van der Waals surface area contributed by atoms with Crippen molar-refractivity contribution in [1.82, 2.24) is 78.3 Å². The molecule has 0 bridgehead atoms. The Morgan fingerprint density at radius 1 is 0.643 bits per heavy atom. The summed E-state index contributed by atoms with van der Waals surface area (Å²) in [5.41, 5.74) is 29.1. The van der Waals surface area contributed by atoms with Gasteiger partial charge in [-0.1, -0.05) is 70.4 Å². The number of carboxylic acids is 1. The monoisotopic (exact) mass is 1600 g/mol. The molecule has 0 saturated carbocycles. The highest BCUT2D eigenvalue weighted by Crippen LogP contribution is 2.23. The van der Waals surface area contributed by atoms with Crippen molar-refractivity contribution in [2.24, 2.45) is 44.6 Å². The Morgan fingerprint density at radius 2 is 1.26 bits per heavy atom. The fourth-order valence-corrected chi connectivity index (χ4v) is 15.2. The van der Waals surface area contributed by atoms with Crippen LogP contribution in [0.15, 0.2) is 52.8 Å². The van der Waals surface area contributed by atoms with Gasteiger partial charge in [-0.15, -0.1) is 0 Å². The number of unbranched alkanes of at least 4 members (excludes halogenated alkanes) is 3. The average molecular weight is 1610 g/mol. The van der Waals surface area contributed by atoms with Crippen LogP contribution in [-0.4, -0.2) is 260 Å². The molecule has 5 heterocycles. The van der Waals surface area contributed by atoms with E-state index in [0.29, 0.717) is 49.8 Å². The number of H-pyrrole nitrogens is 1. The van der Waals surface area contributed by atoms with E-state index in [9.17, 15) is 67.4 Å². The lowest BCUT2D eigenvalue weighted by molar-refractivity contribution is -0.142. The minimum absolute atomic E-state index is 0.000576. The number of aliphatic carboxylic acids is 1. The van der Waals surface area contributed by atoms with E-state index >= 15 is 9.59 Å². The number of likely N-dealkylation sites (tertiary alicyclic amines) is 1. The average Bonchev–Trinajstić information content (AvgIpc) is 1.66. The first-order valence-electron chi connectivity index (χ1n) is 38.2. The lowest BCUT2D eigenvalue weighted by Crippen LogP contribution is -2.61. The lowest BCUT2D eigenvalue weighted by atomic mass is 10.0. The summed E-state index contributed by atoms with van der Waals surface area (Å²) >= 11 is 1.80. The largest absolute Gasteiger partial charge is 0.480 e. The summed E-state index contributed by atoms with van der Waals surface area (Å²) in [5.74, 6) is -13.9. The van der Waals surface area contributed by atoms with Crippen molar-refractivity contribution in [3.63, 3.8) is 0 Å². The number of nitrogens with one attached hydrogen (secondary N) is 12. The van der Waals surface area contributed by atoms with E-state index in [4.69, 9.17) is 28.7 Å². The van der Waals surface area contributed by atoms with E-state index in [1.54, 1.807) is 44.2 Å². The van der Waals surface area contributed by atoms with Gasteiger partial charge < -0.3 is 107 Å². The Kier molecular flexibility index (Phi) is 38.3. The van der Waals surface area contributed by atoms with E-state index in [0.717, 1.165) is 29.9 Å². The van der Waals surface area contributed by atoms with Gasteiger partial charge in [0.05, 0.1) is 24.4 Å². The first kappa shape index (κ1) is 90.8. The summed E-state index contributed by atoms with van der Waals surface area (Å²) < 4.78 is 0. The van der Waals surface area contributed by atoms with E-state index < -0.39 is 162 Å². The van der Waals surface area contributed by atoms with Crippen LogP contribution in [0, 0.1) is 5.92 Å². The number of carboxylic acid groups (broad SMARTS) is 1. The lowest BCUT2D eigenvalue weighted by Gasteiger charge is -2.31. The van der Waals surface area contributed by atoms with Crippen molar-refractivity contribution in [2.75, 3.05) is 62.3 Å². The molecule has 2 aromatic rings. The number of carbonyl (C=O) groups is 15. The molecular weight excluding hydrogens is 1490 g/mol. The standard InChI is InChI=1S/C72H112N22O16S2/c1-4-5-7-18-46-61(100)91-54(66(105)90-52(70(109)110)32-42-16-8-6-9-17-42)39-112-37-44(95)36-111-38-53(65(104)89-51(33-43-34-78-40-82-43)64(103)84-45(19-10-11-26-73)59(98)81-35-58(97)93-29-14-22-55(93)67(106)85-46)92-63(102)50(31-41(2)3)88-60(99)47(20-12-27-79-71(74)75)86-68(107)56-23-15-30-94(56)69(108)49(21-13-28-80-72(76)77)87-62(101)48-24-25-57(96)83-48/h6,8-9,16-17,34,40-41,45-56H,4-5,7,10-15,18-33,35-39,73H2,1-3H3,(H,78,82)(H,81,98)(H,83,96)(H,84,103)(H,85,106)(H,86,107)(H,87,101)(H,88,99)(H,89,104)(H,90,105)(H,91,100)(H,92,102)(H,109,110)(H4,74,75,79)(H4,76,77,80)/t45-,46+,47+,48-,49+,50-,51-,52-,53+,54+,55-,56-/m1/s1. The minimum Gasteiger partial charge on any atom is -0.480 e. The van der Waals surface area contributed by atoms with Crippen molar-refractivity contribution in [2.45, 2.75) is 222 Å². The second-order valence-corrected chi connectivity index (χ2v) is 30.6. The maximum atomic E-state index is 15.1. The number of hydrogen-bond acceptors (Lipinski definition) is 21. The van der Waals surface area contributed by atoms with E-state index in [2.05, 4.69) is 78.4 Å². The molecule has 23 N–H and O–H groups in total. The van der Waals surface area contributed by atoms with Crippen molar-refractivity contribution in [3.05, 3.63) is 54.1 Å². The van der Waals surface area contributed by atoms with Gasteiger partial charge in [-0.2, -0.15) is 23.5 Å². The summed E-state index contributed by atoms with van der Waals surface area (Å²) in [7, 11) is 0. The second kappa shape index (κ2) is 47.3. The number of carbonyl (C=O) groups excluding carboxylic acids is 14. The van der Waals surface area contributed by atoms with Gasteiger partial charge in [-0.05, 0) is 108 Å². The molecule has 112 heavy (non-hydrogen) atoms. The predicted molar refractivity (Wildman–Crippen MR) is 417 cm³/mol. The highest BCUT2D eigenvalue weighted by atomic mass is 32.2. The molecule has 618 valence electrons. The van der Waals surface area contributed by atoms with Crippen LogP contribution in [-0.2, 0) is 84.8 Å². The zero-order valence-electron chi connectivity index (χ0n) is 63.8. The van der Waals surface area contributed by atoms with Crippen LogP contribution in [0.25, 0.3) is 0 Å². The molecule has 40 heteroatoms. The molecule has 1 aromatic carbocycles. The summed E-state index contributed by atoms with van der Waals surface area (Å²) in [5, 5.41) is 39.9. The van der Waals surface area contributed by atoms with Crippen molar-refractivity contribution < 1.29 is 77.0 Å². The Bertz CT molecular complexity index is 3610. The number of imidazole rings is 1. The Labute approximate surface area is 658 Å². The number of hydrogen-bond donors (Lipinski definition) is 18. The SMILES string of the molecule is CCCCC[C@@H]1NC(=O)[C@H]2CCCN2C(=O)CNC(=O)[C@@H](CCCCN)NC(=O)[C@@H](Cc2cnc[nH]2)NC(=O)[C@@H](NC(=O)[C@@H](CC(C)C)NC(=O)[C@H](CCCN=C(N)N)NC(=O)[C@H]2CCCN2C(=O)[C@H](CCCN=C(N)N)NC(=O)[C@H]2CCC(=O)N2)CSCC(=O)CSC[C@@H](C(=O)N[C@H](Cc2ccccc2)C(=O)O)NC1=O. The van der Waals surface area contributed by atoms with Crippen LogP contribution in [0.4, 0.5) is 0 Å². The van der Waals surface area contributed by atoms with Gasteiger partial charge in [0.2, 0.25) is 76.8 Å². The van der Waals surface area contributed by atoms with Crippen LogP contribution in [0.1, 0.15) is 148 Å². The minimum atomic E-state index is -1.63. The maximum Gasteiger partial charge on any atom is 0.326 e. The fourth-order valence-electron chi connectivity index (χ4n) is 13.2. The first-order valence-corrected chi connectivity index (χ1v) is 40.5. The van der Waals surface area contributed by atoms with E-state index in [-0.39, 0.29) is 163 Å². The molecule has 0 aliphatic carbocycles. The third-order valence-electron chi connectivity index (χ3n) is 19.1. The Balaban J connectivity index is 1.32. The van der Waals surface area contributed by atoms with Crippen LogP contribution in [0.2, 0.25) is 0 Å². The molecule has 1 aromatic heterocycles. The van der Waals surface area contributed by atoms with Crippen LogP contribution in [0.3, 0.4) is 0 Å². The zero-order chi connectivity index (χ0) is 81.8. The smallest absolute Gasteiger partial charge is 0.326 e. The molecule has 0 unspecified atom stereocenters. The number of nitrogens with zero attached hydrogens (tertiary/aromatic N) is 5. The number of thioether (sulfide) groups is 2. The molecule has 4 aliphatic heterocycles. The first-order chi connectivity index (χ1) is 53.5. The molecule has 12 atom stereocenters. The molecule has 13 amide bonds. The number of fused-ring (bicyclic) bond motifs is 1. The number of aromatic amines is 1. The van der Waals surface area contributed by atoms with Gasteiger partial charge in [0, 0.05) is 68.8 Å². The predicted octanol–water partition coefficient (Wildman–Crippen LogP) is -4.07.